The highest BCUT2D eigenvalue weighted by Crippen LogP contribution is 2.32. The van der Waals surface area contributed by atoms with Crippen LogP contribution < -0.4 is 4.74 Å². The van der Waals surface area contributed by atoms with Crippen LogP contribution in [0.5, 0.6) is 5.75 Å². The highest BCUT2D eigenvalue weighted by molar-refractivity contribution is 7.99. The molecule has 2 aromatic carbocycles. The monoisotopic (exact) mass is 530 g/mol. The number of piperidine rings is 1. The number of Topliss-reactive ketones (excluding diaryl/α,β-unsaturated/α-hetero) is 1. The molecule has 1 saturated heterocycles. The van der Waals surface area contributed by atoms with Gasteiger partial charge in [-0.2, -0.15) is 0 Å². The number of thioether (sulfide) groups is 1. The van der Waals surface area contributed by atoms with Crippen LogP contribution in [0.1, 0.15) is 29.6 Å². The molecule has 0 radical (unpaired) electrons. The molecule has 6 nitrogen and oxygen atoms in total. The van der Waals surface area contributed by atoms with Gasteiger partial charge in [0, 0.05) is 47.3 Å². The number of hydrogen-bond acceptors (Lipinski definition) is 6. The van der Waals surface area contributed by atoms with Crippen LogP contribution in [0.3, 0.4) is 0 Å². The summed E-state index contributed by atoms with van der Waals surface area (Å²) in [4.78, 5) is 32.6. The molecule has 4 rings (SSSR count). The number of ketones is 1. The number of nitrogens with zero attached hydrogens (tertiary/aromatic N) is 2. The number of halogens is 2. The Morgan fingerprint density at radius 3 is 2.86 bits per heavy atom. The molecular weight excluding hydrogens is 503 g/mol. The Morgan fingerprint density at radius 2 is 2.11 bits per heavy atom. The topological polar surface area (TPSA) is 79.7 Å². The Balaban J connectivity index is 1.36. The van der Waals surface area contributed by atoms with Crippen LogP contribution in [-0.4, -0.2) is 59.2 Å². The van der Waals surface area contributed by atoms with Gasteiger partial charge in [0.05, 0.1) is 23.6 Å². The summed E-state index contributed by atoms with van der Waals surface area (Å²) in [5, 5.41) is 10.8. The molecule has 0 amide bonds. The van der Waals surface area contributed by atoms with Crippen molar-refractivity contribution < 1.29 is 23.8 Å². The molecule has 2 atom stereocenters. The summed E-state index contributed by atoms with van der Waals surface area (Å²) in [5.74, 6) is -0.520. The van der Waals surface area contributed by atoms with Crippen molar-refractivity contribution in [3.8, 4) is 5.75 Å². The Labute approximate surface area is 218 Å². The van der Waals surface area contributed by atoms with Gasteiger partial charge in [0.2, 0.25) is 0 Å². The lowest BCUT2D eigenvalue weighted by Gasteiger charge is -2.36. The zero-order chi connectivity index (χ0) is 25.7. The van der Waals surface area contributed by atoms with Crippen LogP contribution in [-0.2, 0) is 4.79 Å². The van der Waals surface area contributed by atoms with E-state index in [0.717, 1.165) is 23.7 Å². The molecule has 0 spiro atoms. The van der Waals surface area contributed by atoms with E-state index in [1.165, 1.54) is 18.3 Å². The molecule has 1 aliphatic rings. The molecule has 0 saturated carbocycles. The number of rotatable bonds is 10. The van der Waals surface area contributed by atoms with Crippen molar-refractivity contribution >= 4 is 46.0 Å². The van der Waals surface area contributed by atoms with E-state index in [-0.39, 0.29) is 29.0 Å². The molecule has 1 aromatic heterocycles. The predicted molar refractivity (Wildman–Crippen MR) is 140 cm³/mol. The van der Waals surface area contributed by atoms with Gasteiger partial charge in [0.1, 0.15) is 11.6 Å². The summed E-state index contributed by atoms with van der Waals surface area (Å²) in [5.41, 5.74) is 1.05. The third kappa shape index (κ3) is 6.35. The van der Waals surface area contributed by atoms with Crippen LogP contribution in [0, 0.1) is 17.7 Å². The van der Waals surface area contributed by atoms with Crippen molar-refractivity contribution in [1.29, 1.82) is 0 Å². The minimum Gasteiger partial charge on any atom is -0.497 e. The maximum absolute atomic E-state index is 13.4. The normalized spacial score (nSPS) is 18.3. The number of hydrogen-bond donors (Lipinski definition) is 1. The Kier molecular flexibility index (Phi) is 8.82. The number of carboxylic acid groups (broad SMARTS) is 1. The summed E-state index contributed by atoms with van der Waals surface area (Å²) < 4.78 is 18.7. The van der Waals surface area contributed by atoms with Crippen LogP contribution in [0.25, 0.3) is 10.9 Å². The fourth-order valence-corrected chi connectivity index (χ4v) is 5.96. The lowest BCUT2D eigenvalue weighted by atomic mass is 9.81. The van der Waals surface area contributed by atoms with Crippen molar-refractivity contribution in [3.63, 3.8) is 0 Å². The highest BCUT2D eigenvalue weighted by Gasteiger charge is 2.34. The smallest absolute Gasteiger partial charge is 0.308 e. The molecule has 9 heteroatoms. The quantitative estimate of drug-likeness (QED) is 0.261. The second kappa shape index (κ2) is 12.0. The van der Waals surface area contributed by atoms with E-state index in [2.05, 4.69) is 9.88 Å². The molecular formula is C27H28ClFN2O4S. The van der Waals surface area contributed by atoms with Gasteiger partial charge in [-0.15, -0.1) is 11.8 Å². The summed E-state index contributed by atoms with van der Waals surface area (Å²) in [6, 6.07) is 11.8. The second-order valence-corrected chi connectivity index (χ2v) is 10.5. The number of pyridine rings is 1. The van der Waals surface area contributed by atoms with Gasteiger partial charge in [0.15, 0.2) is 5.78 Å². The number of methoxy groups -OCH3 is 1. The van der Waals surface area contributed by atoms with Crippen molar-refractivity contribution in [2.24, 2.45) is 11.8 Å². The molecule has 1 aliphatic heterocycles. The van der Waals surface area contributed by atoms with E-state index >= 15 is 0 Å². The molecule has 0 aliphatic carbocycles. The standard InChI is InChI=1S/C27H28ClFN2O4S/c1-35-19-6-7-24-21(14-19)26(23(28)15-30-24)25(32)8-5-17-9-10-31(16-22(17)27(33)34)11-12-36-20-4-2-3-18(29)13-20/h2-4,6-7,13-15,17,22H,5,8-12,16H2,1H3,(H,33,34)/t17-,22+/m0/s1. The average molecular weight is 531 g/mol. The number of carboxylic acids is 1. The first-order chi connectivity index (χ1) is 17.4. The summed E-state index contributed by atoms with van der Waals surface area (Å²) in [6.07, 6.45) is 2.86. The largest absolute Gasteiger partial charge is 0.497 e. The van der Waals surface area contributed by atoms with Gasteiger partial charge in [-0.05, 0) is 61.7 Å². The fourth-order valence-electron chi connectivity index (χ4n) is 4.75. The number of likely N-dealkylation sites (tertiary alicyclic amines) is 1. The van der Waals surface area contributed by atoms with Crippen molar-refractivity contribution in [2.45, 2.75) is 24.2 Å². The first-order valence-corrected chi connectivity index (χ1v) is 13.2. The summed E-state index contributed by atoms with van der Waals surface area (Å²) in [7, 11) is 1.55. The highest BCUT2D eigenvalue weighted by atomic mass is 35.5. The van der Waals surface area contributed by atoms with Crippen LogP contribution in [0.4, 0.5) is 4.39 Å². The molecule has 190 valence electrons. The van der Waals surface area contributed by atoms with Crippen LogP contribution in [0.2, 0.25) is 5.02 Å². The number of aromatic nitrogens is 1. The lowest BCUT2D eigenvalue weighted by molar-refractivity contribution is -0.146. The number of carbonyl (C=O) groups is 2. The first kappa shape index (κ1) is 26.4. The summed E-state index contributed by atoms with van der Waals surface area (Å²) in [6.45, 7) is 1.92. The van der Waals surface area contributed by atoms with Crippen LogP contribution >= 0.6 is 23.4 Å². The number of carbonyl (C=O) groups excluding carboxylic acids is 1. The fraction of sp³-hybridized carbons (Fsp3) is 0.370. The average Bonchev–Trinajstić information content (AvgIpc) is 2.87. The van der Waals surface area contributed by atoms with E-state index in [1.807, 2.05) is 6.07 Å². The number of fused-ring (bicyclic) bond motifs is 1. The van der Waals surface area contributed by atoms with Gasteiger partial charge in [-0.1, -0.05) is 17.7 Å². The van der Waals surface area contributed by atoms with Gasteiger partial charge in [-0.25, -0.2) is 4.39 Å². The van der Waals surface area contributed by atoms with E-state index in [1.54, 1.807) is 43.1 Å². The first-order valence-electron chi connectivity index (χ1n) is 11.8. The molecule has 0 bridgehead atoms. The van der Waals surface area contributed by atoms with Crippen LogP contribution in [0.15, 0.2) is 53.6 Å². The van der Waals surface area contributed by atoms with Gasteiger partial charge < -0.3 is 14.7 Å². The SMILES string of the molecule is COc1ccc2ncc(Cl)c(C(=O)CC[C@H]3CCN(CCSc4cccc(F)c4)C[C@H]3C(=O)O)c2c1. The van der Waals surface area contributed by atoms with Crippen molar-refractivity contribution in [1.82, 2.24) is 9.88 Å². The lowest BCUT2D eigenvalue weighted by Crippen LogP contribution is -2.44. The Morgan fingerprint density at radius 1 is 1.28 bits per heavy atom. The predicted octanol–water partition coefficient (Wildman–Crippen LogP) is 5.81. The van der Waals surface area contributed by atoms with E-state index in [0.29, 0.717) is 41.6 Å². The minimum absolute atomic E-state index is 0.0972. The van der Waals surface area contributed by atoms with Crippen molar-refractivity contribution in [3.05, 3.63) is 65.1 Å². The van der Waals surface area contributed by atoms with Gasteiger partial charge in [-0.3, -0.25) is 14.6 Å². The zero-order valence-electron chi connectivity index (χ0n) is 20.0. The number of benzene rings is 2. The van der Waals surface area contributed by atoms with Gasteiger partial charge >= 0.3 is 5.97 Å². The van der Waals surface area contributed by atoms with E-state index < -0.39 is 11.9 Å². The maximum Gasteiger partial charge on any atom is 0.308 e. The molecule has 1 N–H and O–H groups in total. The summed E-state index contributed by atoms with van der Waals surface area (Å²) >= 11 is 7.92. The van der Waals surface area contributed by atoms with E-state index in [4.69, 9.17) is 16.3 Å². The maximum atomic E-state index is 13.4. The third-order valence-electron chi connectivity index (χ3n) is 6.68. The third-order valence-corrected chi connectivity index (χ3v) is 7.94. The van der Waals surface area contributed by atoms with E-state index in [9.17, 15) is 19.1 Å². The van der Waals surface area contributed by atoms with Gasteiger partial charge in [0.25, 0.3) is 0 Å². The Hall–Kier alpha value is -2.68. The number of ether oxygens (including phenoxy) is 1. The molecule has 1 fully saturated rings. The van der Waals surface area contributed by atoms with Crippen molar-refractivity contribution in [2.75, 3.05) is 32.5 Å². The second-order valence-electron chi connectivity index (χ2n) is 8.93. The number of aliphatic carboxylic acids is 1. The zero-order valence-corrected chi connectivity index (χ0v) is 21.5. The minimum atomic E-state index is -0.841. The molecule has 36 heavy (non-hydrogen) atoms. The molecule has 2 heterocycles. The molecule has 0 unspecified atom stereocenters. The molecule has 3 aromatic rings. The Bertz CT molecular complexity index is 1260.